The van der Waals surface area contributed by atoms with Gasteiger partial charge in [-0.1, -0.05) is 80.6 Å². The number of aliphatic hydroxyl groups is 1. The largest absolute Gasteiger partial charge is 0.398 e. The number of nitrogens with one attached hydrogen (secondary N) is 1. The molecule has 0 saturated carbocycles. The van der Waals surface area contributed by atoms with Crippen molar-refractivity contribution in [2.45, 2.75) is 52.2 Å². The van der Waals surface area contributed by atoms with Gasteiger partial charge in [0.2, 0.25) is 11.8 Å². The van der Waals surface area contributed by atoms with Crippen LogP contribution in [0.4, 0.5) is 5.69 Å². The highest BCUT2D eigenvalue weighted by Gasteiger charge is 2.47. The highest BCUT2D eigenvalue weighted by atomic mass is 16.3. The number of allylic oxidation sites excluding steroid dienone is 2. The van der Waals surface area contributed by atoms with Crippen molar-refractivity contribution in [1.82, 2.24) is 10.2 Å². The third kappa shape index (κ3) is 7.11. The molecule has 0 bridgehead atoms. The number of aliphatic hydroxyl groups excluding tert-OH is 1. The summed E-state index contributed by atoms with van der Waals surface area (Å²) in [5.41, 5.74) is 14.1. The van der Waals surface area contributed by atoms with Crippen molar-refractivity contribution in [3.63, 3.8) is 0 Å². The molecule has 6 N–H and O–H groups in total. The van der Waals surface area contributed by atoms with Gasteiger partial charge in [0.15, 0.2) is 0 Å². The van der Waals surface area contributed by atoms with E-state index < -0.39 is 23.3 Å². The molecule has 1 aliphatic rings. The maximum atomic E-state index is 13.5. The number of hydrogen-bond donors (Lipinski definition) is 4. The number of para-hydroxylation sites is 1. The molecule has 38 heavy (non-hydrogen) atoms. The van der Waals surface area contributed by atoms with Gasteiger partial charge in [-0.05, 0) is 42.9 Å². The van der Waals surface area contributed by atoms with E-state index in [-0.39, 0.29) is 18.9 Å². The second kappa shape index (κ2) is 13.9. The molecule has 1 aliphatic carbocycles. The first-order valence-electron chi connectivity index (χ1n) is 13.6. The third-order valence-electron chi connectivity index (χ3n) is 7.33. The number of nitrogens with two attached hydrogens (primary N) is 2. The number of amides is 2. The summed E-state index contributed by atoms with van der Waals surface area (Å²) in [5.74, 6) is -1.17. The summed E-state index contributed by atoms with van der Waals surface area (Å²) in [6.45, 7) is 6.11. The van der Waals surface area contributed by atoms with Crippen molar-refractivity contribution in [1.29, 1.82) is 0 Å². The number of primary amides is 1. The highest BCUT2D eigenvalue weighted by molar-refractivity contribution is 5.96. The number of nitrogens with zero attached hydrogens (tertiary/aromatic N) is 1. The molecule has 0 fully saturated rings. The van der Waals surface area contributed by atoms with Crippen molar-refractivity contribution in [3.05, 3.63) is 89.5 Å². The molecule has 0 aliphatic heterocycles. The summed E-state index contributed by atoms with van der Waals surface area (Å²) in [6.07, 6.45) is 6.69. The molecule has 0 heterocycles. The summed E-state index contributed by atoms with van der Waals surface area (Å²) in [4.78, 5) is 28.5. The van der Waals surface area contributed by atoms with Crippen molar-refractivity contribution in [3.8, 4) is 0 Å². The highest BCUT2D eigenvalue weighted by Crippen LogP contribution is 2.43. The van der Waals surface area contributed by atoms with Crippen LogP contribution in [0.3, 0.4) is 0 Å². The van der Waals surface area contributed by atoms with E-state index in [0.717, 1.165) is 24.0 Å². The minimum atomic E-state index is -1.22. The fourth-order valence-corrected chi connectivity index (χ4v) is 5.30. The molecule has 204 valence electrons. The molecule has 0 spiro atoms. The third-order valence-corrected chi connectivity index (χ3v) is 7.33. The van der Waals surface area contributed by atoms with Crippen molar-refractivity contribution < 1.29 is 14.7 Å². The van der Waals surface area contributed by atoms with E-state index in [2.05, 4.69) is 5.32 Å². The number of carbonyl (C=O) groups is 2. The molecule has 0 radical (unpaired) electrons. The van der Waals surface area contributed by atoms with Crippen molar-refractivity contribution in [2.24, 2.45) is 17.1 Å². The smallest absolute Gasteiger partial charge is 0.249 e. The first-order chi connectivity index (χ1) is 18.3. The Morgan fingerprint density at radius 2 is 1.71 bits per heavy atom. The lowest BCUT2D eigenvalue weighted by molar-refractivity contribution is -0.132. The van der Waals surface area contributed by atoms with Crippen LogP contribution >= 0.6 is 0 Å². The Hall–Kier alpha value is -3.42. The number of hydrogen-bond acceptors (Lipinski definition) is 5. The van der Waals surface area contributed by atoms with E-state index in [1.807, 2.05) is 73.3 Å². The van der Waals surface area contributed by atoms with Gasteiger partial charge in [0.1, 0.15) is 0 Å². The summed E-state index contributed by atoms with van der Waals surface area (Å²) < 4.78 is 0. The zero-order chi connectivity index (χ0) is 27.5. The predicted molar refractivity (Wildman–Crippen MR) is 153 cm³/mol. The zero-order valence-corrected chi connectivity index (χ0v) is 22.6. The molecule has 0 saturated heterocycles. The molecule has 7 nitrogen and oxygen atoms in total. The van der Waals surface area contributed by atoms with Gasteiger partial charge in [-0.3, -0.25) is 9.59 Å². The topological polar surface area (TPSA) is 122 Å². The second-order valence-electron chi connectivity index (χ2n) is 10.1. The minimum absolute atomic E-state index is 0.0747. The molecule has 2 aromatic carbocycles. The Morgan fingerprint density at radius 1 is 1.05 bits per heavy atom. The van der Waals surface area contributed by atoms with E-state index in [9.17, 15) is 14.7 Å². The lowest BCUT2D eigenvalue weighted by Crippen LogP contribution is -2.51. The van der Waals surface area contributed by atoms with Crippen LogP contribution in [0.2, 0.25) is 0 Å². The average molecular weight is 519 g/mol. The van der Waals surface area contributed by atoms with Gasteiger partial charge in [-0.2, -0.15) is 0 Å². The Bertz CT molecular complexity index is 1120. The molecular formula is C31H42N4O3. The van der Waals surface area contributed by atoms with E-state index in [1.165, 1.54) is 0 Å². The first kappa shape index (κ1) is 29.1. The number of carbonyl (C=O) groups excluding carboxylic acids is 2. The van der Waals surface area contributed by atoms with E-state index in [1.54, 1.807) is 18.2 Å². The average Bonchev–Trinajstić information content (AvgIpc) is 2.92. The number of nitrogen functional groups attached to an aromatic ring is 1. The SMILES string of the molecule is CCCN(CCC)C(=O)C1=CC=CC(C(N)=O)([C@H](Cc2ccccc2)[C@@H](O)CNCc2ccccc2N)C1. The summed E-state index contributed by atoms with van der Waals surface area (Å²) in [6, 6.07) is 17.3. The van der Waals surface area contributed by atoms with Gasteiger partial charge in [-0.15, -0.1) is 0 Å². The zero-order valence-electron chi connectivity index (χ0n) is 22.6. The number of rotatable bonds is 14. The van der Waals surface area contributed by atoms with E-state index in [4.69, 9.17) is 11.5 Å². The monoisotopic (exact) mass is 518 g/mol. The quantitative estimate of drug-likeness (QED) is 0.285. The van der Waals surface area contributed by atoms with Gasteiger partial charge in [0.05, 0.1) is 11.5 Å². The molecule has 3 rings (SSSR count). The molecule has 3 atom stereocenters. The van der Waals surface area contributed by atoms with E-state index >= 15 is 0 Å². The standard InChI is InChI=1S/C31H42N4O3/c1-3-17-35(18-4-2)29(37)24-14-10-16-31(20-24,30(33)38)26(19-23-11-6-5-7-12-23)28(36)22-34-21-25-13-8-9-15-27(25)32/h5-16,26,28,34,36H,3-4,17-22,32H2,1-2H3,(H2,33,38)/t26-,28+,31?/m1/s1. The summed E-state index contributed by atoms with van der Waals surface area (Å²) in [5, 5.41) is 14.8. The Kier molecular flexibility index (Phi) is 10.7. The maximum absolute atomic E-state index is 13.5. The van der Waals surface area contributed by atoms with Crippen LogP contribution in [0, 0.1) is 11.3 Å². The van der Waals surface area contributed by atoms with Gasteiger partial charge in [0.25, 0.3) is 0 Å². The molecule has 7 heteroatoms. The Balaban J connectivity index is 1.88. The fourth-order valence-electron chi connectivity index (χ4n) is 5.30. The van der Waals surface area contributed by atoms with Crippen molar-refractivity contribution in [2.75, 3.05) is 25.4 Å². The number of benzene rings is 2. The molecule has 0 aromatic heterocycles. The van der Waals surface area contributed by atoms with Crippen LogP contribution in [0.1, 0.15) is 44.2 Å². The minimum Gasteiger partial charge on any atom is -0.398 e. The van der Waals surface area contributed by atoms with Crippen LogP contribution in [0.25, 0.3) is 0 Å². The molecule has 1 unspecified atom stereocenters. The van der Waals surface area contributed by atoms with Gasteiger partial charge in [0, 0.05) is 43.4 Å². The van der Waals surface area contributed by atoms with Gasteiger partial charge >= 0.3 is 0 Å². The Morgan fingerprint density at radius 3 is 2.34 bits per heavy atom. The van der Waals surface area contributed by atoms with Crippen LogP contribution in [0.15, 0.2) is 78.4 Å². The lowest BCUT2D eigenvalue weighted by atomic mass is 9.64. The second-order valence-corrected chi connectivity index (χ2v) is 10.1. The molecule has 2 amide bonds. The normalized spacial score (nSPS) is 18.4. The summed E-state index contributed by atoms with van der Waals surface area (Å²) in [7, 11) is 0. The summed E-state index contributed by atoms with van der Waals surface area (Å²) >= 11 is 0. The Labute approximate surface area is 226 Å². The van der Waals surface area contributed by atoms with Crippen LogP contribution in [-0.4, -0.2) is 47.6 Å². The van der Waals surface area contributed by atoms with Crippen LogP contribution < -0.4 is 16.8 Å². The molecular weight excluding hydrogens is 476 g/mol. The predicted octanol–water partition coefficient (Wildman–Crippen LogP) is 3.58. The van der Waals surface area contributed by atoms with Crippen LogP contribution in [0.5, 0.6) is 0 Å². The van der Waals surface area contributed by atoms with Crippen molar-refractivity contribution >= 4 is 17.5 Å². The first-order valence-corrected chi connectivity index (χ1v) is 13.6. The van der Waals surface area contributed by atoms with Gasteiger partial charge in [-0.25, -0.2) is 0 Å². The number of anilines is 1. The lowest BCUT2D eigenvalue weighted by Gasteiger charge is -2.41. The van der Waals surface area contributed by atoms with Gasteiger partial charge < -0.3 is 26.8 Å². The maximum Gasteiger partial charge on any atom is 0.249 e. The van der Waals surface area contributed by atoms with Crippen LogP contribution in [-0.2, 0) is 22.6 Å². The fraction of sp³-hybridized carbons (Fsp3) is 0.419. The van der Waals surface area contributed by atoms with E-state index in [0.29, 0.717) is 37.3 Å². The molecule has 2 aromatic rings.